The highest BCUT2D eigenvalue weighted by atomic mass is 16.6. The normalized spacial score (nSPS) is 11.9. The molecule has 3 aromatic carbocycles. The standard InChI is InChI=1S/C27H24N2O8/c1-2-6-25(37-27(31)21-11-15-24(16-12-21)29(34)35)17-22(19-7-4-3-5-8-19)18-36-26(30)20-9-13-23(14-10-20)28(32)33/h3-5,7-17,25H,2,6,18H2,1H3/b22-17+. The first-order valence-electron chi connectivity index (χ1n) is 11.4. The fraction of sp³-hybridized carbons (Fsp3) is 0.185. The molecular formula is C27H24N2O8. The van der Waals surface area contributed by atoms with Crippen molar-refractivity contribution < 1.29 is 28.9 Å². The van der Waals surface area contributed by atoms with Gasteiger partial charge in [0.2, 0.25) is 0 Å². The molecule has 0 heterocycles. The summed E-state index contributed by atoms with van der Waals surface area (Å²) in [5.41, 5.74) is 1.41. The van der Waals surface area contributed by atoms with Crippen molar-refractivity contribution in [2.45, 2.75) is 25.9 Å². The SMILES string of the molecule is CCCC(/C=C(\COC(=O)c1ccc([N+](=O)[O-])cc1)c1ccccc1)OC(=O)c1ccc([N+](=O)[O-])cc1. The maximum absolute atomic E-state index is 12.7. The zero-order valence-electron chi connectivity index (χ0n) is 19.9. The summed E-state index contributed by atoms with van der Waals surface area (Å²) < 4.78 is 11.1. The summed E-state index contributed by atoms with van der Waals surface area (Å²) in [5.74, 6) is -1.30. The Bertz CT molecular complexity index is 1290. The van der Waals surface area contributed by atoms with Crippen molar-refractivity contribution in [3.05, 3.63) is 122 Å². The molecule has 1 unspecified atom stereocenters. The van der Waals surface area contributed by atoms with E-state index in [2.05, 4.69) is 0 Å². The fourth-order valence-corrected chi connectivity index (χ4v) is 3.44. The Morgan fingerprint density at radius 1 is 0.784 bits per heavy atom. The van der Waals surface area contributed by atoms with Crippen LogP contribution in [0, 0.1) is 20.2 Å². The second-order valence-electron chi connectivity index (χ2n) is 7.97. The largest absolute Gasteiger partial charge is 0.457 e. The maximum atomic E-state index is 12.7. The molecule has 0 aliphatic heterocycles. The molecule has 0 aliphatic rings. The first-order valence-corrected chi connectivity index (χ1v) is 11.4. The quantitative estimate of drug-likeness (QED) is 0.182. The molecule has 37 heavy (non-hydrogen) atoms. The second-order valence-corrected chi connectivity index (χ2v) is 7.97. The topological polar surface area (TPSA) is 139 Å². The highest BCUT2D eigenvalue weighted by Crippen LogP contribution is 2.21. The number of non-ortho nitro benzene ring substituents is 2. The van der Waals surface area contributed by atoms with Crippen LogP contribution in [0.3, 0.4) is 0 Å². The average molecular weight is 504 g/mol. The molecular weight excluding hydrogens is 480 g/mol. The van der Waals surface area contributed by atoms with Gasteiger partial charge in [-0.1, -0.05) is 43.7 Å². The number of benzene rings is 3. The van der Waals surface area contributed by atoms with Gasteiger partial charge in [-0.3, -0.25) is 20.2 Å². The third-order valence-electron chi connectivity index (χ3n) is 5.35. The monoisotopic (exact) mass is 504 g/mol. The number of hydrogen-bond donors (Lipinski definition) is 0. The number of nitrogens with zero attached hydrogens (tertiary/aromatic N) is 2. The third-order valence-corrected chi connectivity index (χ3v) is 5.35. The number of nitro groups is 2. The lowest BCUT2D eigenvalue weighted by Gasteiger charge is -2.17. The van der Waals surface area contributed by atoms with Crippen molar-refractivity contribution in [3.8, 4) is 0 Å². The molecule has 10 nitrogen and oxygen atoms in total. The smallest absolute Gasteiger partial charge is 0.338 e. The minimum absolute atomic E-state index is 0.130. The molecule has 0 aromatic heterocycles. The van der Waals surface area contributed by atoms with Crippen LogP contribution < -0.4 is 0 Å². The van der Waals surface area contributed by atoms with E-state index in [1.165, 1.54) is 48.5 Å². The van der Waals surface area contributed by atoms with Gasteiger partial charge >= 0.3 is 11.9 Å². The number of rotatable bonds is 11. The zero-order chi connectivity index (χ0) is 26.8. The van der Waals surface area contributed by atoms with E-state index in [4.69, 9.17) is 9.47 Å². The van der Waals surface area contributed by atoms with Crippen molar-refractivity contribution in [1.29, 1.82) is 0 Å². The number of ether oxygens (including phenoxy) is 2. The Balaban J connectivity index is 1.79. The van der Waals surface area contributed by atoms with Crippen molar-refractivity contribution in [1.82, 2.24) is 0 Å². The summed E-state index contributed by atoms with van der Waals surface area (Å²) in [4.78, 5) is 45.8. The van der Waals surface area contributed by atoms with E-state index < -0.39 is 27.9 Å². The summed E-state index contributed by atoms with van der Waals surface area (Å²) in [6.07, 6.45) is 2.25. The van der Waals surface area contributed by atoms with E-state index >= 15 is 0 Å². The minimum atomic E-state index is -0.661. The van der Waals surface area contributed by atoms with Crippen LogP contribution in [0.2, 0.25) is 0 Å². The Hall–Kier alpha value is -4.86. The summed E-state index contributed by atoms with van der Waals surface area (Å²) in [6, 6.07) is 19.3. The Labute approximate surface area is 212 Å². The zero-order valence-corrected chi connectivity index (χ0v) is 19.9. The van der Waals surface area contributed by atoms with Gasteiger partial charge in [-0.05, 0) is 47.9 Å². The van der Waals surface area contributed by atoms with Gasteiger partial charge in [0, 0.05) is 24.3 Å². The molecule has 0 radical (unpaired) electrons. The number of esters is 2. The lowest BCUT2D eigenvalue weighted by atomic mass is 10.0. The fourth-order valence-electron chi connectivity index (χ4n) is 3.44. The molecule has 0 saturated carbocycles. The Morgan fingerprint density at radius 3 is 1.78 bits per heavy atom. The van der Waals surface area contributed by atoms with Crippen molar-refractivity contribution in [2.24, 2.45) is 0 Å². The number of hydrogen-bond acceptors (Lipinski definition) is 8. The van der Waals surface area contributed by atoms with Crippen LogP contribution in [0.25, 0.3) is 5.57 Å². The molecule has 0 spiro atoms. The van der Waals surface area contributed by atoms with E-state index in [0.717, 1.165) is 5.56 Å². The predicted molar refractivity (Wildman–Crippen MR) is 135 cm³/mol. The van der Waals surface area contributed by atoms with Gasteiger partial charge in [-0.15, -0.1) is 0 Å². The summed E-state index contributed by atoms with van der Waals surface area (Å²) >= 11 is 0. The Kier molecular flexibility index (Phi) is 9.20. The van der Waals surface area contributed by atoms with Crippen LogP contribution in [-0.2, 0) is 9.47 Å². The number of carbonyl (C=O) groups is 2. The predicted octanol–water partition coefficient (Wildman–Crippen LogP) is 5.77. The molecule has 3 rings (SSSR count). The van der Waals surface area contributed by atoms with Crippen molar-refractivity contribution in [3.63, 3.8) is 0 Å². The van der Waals surface area contributed by atoms with Crippen molar-refractivity contribution in [2.75, 3.05) is 6.61 Å². The number of nitro benzene ring substituents is 2. The molecule has 190 valence electrons. The Morgan fingerprint density at radius 2 is 1.30 bits per heavy atom. The van der Waals surface area contributed by atoms with Crippen LogP contribution >= 0.6 is 0 Å². The second kappa shape index (κ2) is 12.7. The maximum Gasteiger partial charge on any atom is 0.338 e. The van der Waals surface area contributed by atoms with Crippen LogP contribution in [0.1, 0.15) is 46.0 Å². The molecule has 0 saturated heterocycles. The summed E-state index contributed by atoms with van der Waals surface area (Å²) in [6.45, 7) is 1.80. The molecule has 0 fully saturated rings. The van der Waals surface area contributed by atoms with Gasteiger partial charge in [0.15, 0.2) is 0 Å². The summed E-state index contributed by atoms with van der Waals surface area (Å²) in [5, 5.41) is 21.7. The lowest BCUT2D eigenvalue weighted by Crippen LogP contribution is -2.18. The van der Waals surface area contributed by atoms with Crippen LogP contribution in [0.5, 0.6) is 0 Å². The van der Waals surface area contributed by atoms with E-state index in [9.17, 15) is 29.8 Å². The summed E-state index contributed by atoms with van der Waals surface area (Å²) in [7, 11) is 0. The molecule has 0 amide bonds. The van der Waals surface area contributed by atoms with E-state index in [1.54, 1.807) is 6.08 Å². The minimum Gasteiger partial charge on any atom is -0.457 e. The van der Waals surface area contributed by atoms with Gasteiger partial charge in [0.1, 0.15) is 12.7 Å². The molecule has 1 atom stereocenters. The van der Waals surface area contributed by atoms with E-state index in [1.807, 2.05) is 37.3 Å². The van der Waals surface area contributed by atoms with E-state index in [-0.39, 0.29) is 29.1 Å². The lowest BCUT2D eigenvalue weighted by molar-refractivity contribution is -0.385. The van der Waals surface area contributed by atoms with Gasteiger partial charge in [-0.25, -0.2) is 9.59 Å². The highest BCUT2D eigenvalue weighted by molar-refractivity contribution is 5.91. The molecule has 0 aliphatic carbocycles. The van der Waals surface area contributed by atoms with Gasteiger partial charge in [-0.2, -0.15) is 0 Å². The number of carbonyl (C=O) groups excluding carboxylic acids is 2. The third kappa shape index (κ3) is 7.56. The first-order chi connectivity index (χ1) is 17.8. The van der Waals surface area contributed by atoms with E-state index in [0.29, 0.717) is 18.4 Å². The first kappa shape index (κ1) is 26.7. The molecule has 3 aromatic rings. The average Bonchev–Trinajstić information content (AvgIpc) is 2.91. The molecule has 0 N–H and O–H groups in total. The van der Waals surface area contributed by atoms with Gasteiger partial charge in [0.05, 0.1) is 21.0 Å². The van der Waals surface area contributed by atoms with Crippen LogP contribution in [-0.4, -0.2) is 34.5 Å². The van der Waals surface area contributed by atoms with Gasteiger partial charge in [0.25, 0.3) is 11.4 Å². The molecule has 10 heteroatoms. The van der Waals surface area contributed by atoms with Crippen LogP contribution in [0.4, 0.5) is 11.4 Å². The highest BCUT2D eigenvalue weighted by Gasteiger charge is 2.18. The van der Waals surface area contributed by atoms with Crippen molar-refractivity contribution >= 4 is 28.9 Å². The van der Waals surface area contributed by atoms with Crippen LogP contribution in [0.15, 0.2) is 84.9 Å². The molecule has 0 bridgehead atoms. The van der Waals surface area contributed by atoms with Gasteiger partial charge < -0.3 is 9.47 Å².